The highest BCUT2D eigenvalue weighted by atomic mass is 19.1. The van der Waals surface area contributed by atoms with Gasteiger partial charge in [-0.05, 0) is 36.1 Å². The van der Waals surface area contributed by atoms with Gasteiger partial charge >= 0.3 is 0 Å². The predicted octanol–water partition coefficient (Wildman–Crippen LogP) is 3.00. The largest absolute Gasteiger partial charge is 0.488 e. The summed E-state index contributed by atoms with van der Waals surface area (Å²) in [6.07, 6.45) is 4.96. The second kappa shape index (κ2) is 6.23. The molecule has 2 heterocycles. The molecular weight excluding hydrogens is 307 g/mol. The highest BCUT2D eigenvalue weighted by Gasteiger charge is 2.47. The number of benzene rings is 1. The summed E-state index contributed by atoms with van der Waals surface area (Å²) in [4.78, 5) is 18.5. The lowest BCUT2D eigenvalue weighted by Gasteiger charge is -2.17. The standard InChI is InChI=1S/C19H19FN2O2/c20-18-4-2-1-3-15(18)16-11-17(16)19(23)22-10-7-14(12-22)24-13-5-8-21-9-6-13/h1-6,8-9,14,16-17H,7,10-12H2/t14-,16-,17-/m1/s1. The van der Waals surface area contributed by atoms with Gasteiger partial charge in [-0.3, -0.25) is 9.78 Å². The van der Waals surface area contributed by atoms with Crippen LogP contribution in [0.3, 0.4) is 0 Å². The Kier molecular flexibility index (Phi) is 3.92. The molecule has 1 amide bonds. The lowest BCUT2D eigenvalue weighted by atomic mass is 10.1. The van der Waals surface area contributed by atoms with Gasteiger partial charge in [-0.25, -0.2) is 4.39 Å². The number of rotatable bonds is 4. The van der Waals surface area contributed by atoms with Crippen molar-refractivity contribution >= 4 is 5.91 Å². The van der Waals surface area contributed by atoms with Gasteiger partial charge in [0.25, 0.3) is 0 Å². The van der Waals surface area contributed by atoms with Gasteiger partial charge in [0.1, 0.15) is 17.7 Å². The molecule has 24 heavy (non-hydrogen) atoms. The Labute approximate surface area is 140 Å². The minimum atomic E-state index is -0.210. The van der Waals surface area contributed by atoms with Crippen LogP contribution in [0.2, 0.25) is 0 Å². The summed E-state index contributed by atoms with van der Waals surface area (Å²) in [5, 5.41) is 0. The molecule has 0 radical (unpaired) electrons. The Morgan fingerprint density at radius 1 is 1.21 bits per heavy atom. The molecular formula is C19H19FN2O2. The fraction of sp³-hybridized carbons (Fsp3) is 0.368. The molecule has 0 bridgehead atoms. The van der Waals surface area contributed by atoms with Crippen molar-refractivity contribution in [2.75, 3.05) is 13.1 Å². The number of likely N-dealkylation sites (tertiary alicyclic amines) is 1. The molecule has 124 valence electrons. The zero-order valence-electron chi connectivity index (χ0n) is 13.3. The third kappa shape index (κ3) is 2.98. The summed E-state index contributed by atoms with van der Waals surface area (Å²) in [5.41, 5.74) is 0.666. The molecule has 2 aliphatic rings. The lowest BCUT2D eigenvalue weighted by Crippen LogP contribution is -2.32. The third-order valence-electron chi connectivity index (χ3n) is 4.82. The average molecular weight is 326 g/mol. The first-order valence-corrected chi connectivity index (χ1v) is 8.32. The van der Waals surface area contributed by atoms with Crippen LogP contribution in [0.15, 0.2) is 48.8 Å². The van der Waals surface area contributed by atoms with E-state index >= 15 is 0 Å². The van der Waals surface area contributed by atoms with Crippen molar-refractivity contribution in [1.82, 2.24) is 9.88 Å². The van der Waals surface area contributed by atoms with Crippen molar-refractivity contribution in [2.45, 2.75) is 24.9 Å². The van der Waals surface area contributed by atoms with Crippen LogP contribution in [-0.2, 0) is 4.79 Å². The Bertz CT molecular complexity index is 737. The minimum Gasteiger partial charge on any atom is -0.488 e. The van der Waals surface area contributed by atoms with E-state index in [1.165, 1.54) is 6.07 Å². The van der Waals surface area contributed by atoms with Crippen molar-refractivity contribution in [1.29, 1.82) is 0 Å². The number of pyridine rings is 1. The van der Waals surface area contributed by atoms with Gasteiger partial charge in [0.15, 0.2) is 0 Å². The van der Waals surface area contributed by atoms with E-state index in [0.29, 0.717) is 18.7 Å². The molecule has 4 rings (SSSR count). The number of nitrogens with zero attached hydrogens (tertiary/aromatic N) is 2. The molecule has 2 aromatic rings. The molecule has 1 aromatic heterocycles. The smallest absolute Gasteiger partial charge is 0.226 e. The third-order valence-corrected chi connectivity index (χ3v) is 4.82. The fourth-order valence-corrected chi connectivity index (χ4v) is 3.46. The molecule has 1 aliphatic carbocycles. The monoisotopic (exact) mass is 326 g/mol. The van der Waals surface area contributed by atoms with Crippen molar-refractivity contribution in [3.05, 3.63) is 60.2 Å². The number of hydrogen-bond donors (Lipinski definition) is 0. The van der Waals surface area contributed by atoms with Crippen LogP contribution in [-0.4, -0.2) is 35.0 Å². The van der Waals surface area contributed by atoms with E-state index in [2.05, 4.69) is 4.98 Å². The van der Waals surface area contributed by atoms with Gasteiger partial charge in [-0.1, -0.05) is 18.2 Å². The molecule has 5 heteroatoms. The maximum Gasteiger partial charge on any atom is 0.226 e. The number of ether oxygens (including phenoxy) is 1. The topological polar surface area (TPSA) is 42.4 Å². The summed E-state index contributed by atoms with van der Waals surface area (Å²) in [6, 6.07) is 10.4. The van der Waals surface area contributed by atoms with Crippen LogP contribution in [0.4, 0.5) is 4.39 Å². The average Bonchev–Trinajstić information content (AvgIpc) is 3.26. The SMILES string of the molecule is O=C([C@@H]1C[C@@H]1c1ccccc1F)N1CC[C@@H](Oc2ccncc2)C1. The molecule has 1 aliphatic heterocycles. The first-order chi connectivity index (χ1) is 11.7. The van der Waals surface area contributed by atoms with Gasteiger partial charge in [0.05, 0.1) is 6.54 Å². The molecule has 2 fully saturated rings. The van der Waals surface area contributed by atoms with E-state index in [-0.39, 0.29) is 29.7 Å². The number of aromatic nitrogens is 1. The van der Waals surface area contributed by atoms with Gasteiger partial charge in [-0.15, -0.1) is 0 Å². The predicted molar refractivity (Wildman–Crippen MR) is 87.1 cm³/mol. The number of amides is 1. The Morgan fingerprint density at radius 3 is 2.79 bits per heavy atom. The zero-order chi connectivity index (χ0) is 16.5. The van der Waals surface area contributed by atoms with Crippen LogP contribution >= 0.6 is 0 Å². The molecule has 3 atom stereocenters. The summed E-state index contributed by atoms with van der Waals surface area (Å²) < 4.78 is 19.7. The van der Waals surface area contributed by atoms with E-state index in [1.54, 1.807) is 24.5 Å². The quantitative estimate of drug-likeness (QED) is 0.867. The number of halogens is 1. The van der Waals surface area contributed by atoms with Crippen LogP contribution in [0, 0.1) is 11.7 Å². The zero-order valence-corrected chi connectivity index (χ0v) is 13.3. The molecule has 0 unspecified atom stereocenters. The van der Waals surface area contributed by atoms with Crippen molar-refractivity contribution in [3.8, 4) is 5.75 Å². The lowest BCUT2D eigenvalue weighted by molar-refractivity contribution is -0.131. The van der Waals surface area contributed by atoms with Gasteiger partial charge < -0.3 is 9.64 Å². The summed E-state index contributed by atoms with van der Waals surface area (Å²) in [7, 11) is 0. The molecule has 0 N–H and O–H groups in total. The van der Waals surface area contributed by atoms with E-state index in [9.17, 15) is 9.18 Å². The molecule has 1 saturated carbocycles. The summed E-state index contributed by atoms with van der Waals surface area (Å²) in [6.45, 7) is 1.30. The van der Waals surface area contributed by atoms with Crippen molar-refractivity contribution < 1.29 is 13.9 Å². The van der Waals surface area contributed by atoms with Gasteiger partial charge in [-0.2, -0.15) is 0 Å². The molecule has 1 aromatic carbocycles. The van der Waals surface area contributed by atoms with Crippen molar-refractivity contribution in [2.24, 2.45) is 5.92 Å². The van der Waals surface area contributed by atoms with Crippen LogP contribution < -0.4 is 4.74 Å². The van der Waals surface area contributed by atoms with Crippen LogP contribution in [0.5, 0.6) is 5.75 Å². The fourth-order valence-electron chi connectivity index (χ4n) is 3.46. The number of carbonyl (C=O) groups excluding carboxylic acids is 1. The van der Waals surface area contributed by atoms with E-state index in [0.717, 1.165) is 18.6 Å². The van der Waals surface area contributed by atoms with Gasteiger partial charge in [0.2, 0.25) is 5.91 Å². The second-order valence-corrected chi connectivity index (χ2v) is 6.47. The first kappa shape index (κ1) is 15.1. The summed E-state index contributed by atoms with van der Waals surface area (Å²) >= 11 is 0. The summed E-state index contributed by atoms with van der Waals surface area (Å²) in [5.74, 6) is 0.641. The van der Waals surface area contributed by atoms with Crippen molar-refractivity contribution in [3.63, 3.8) is 0 Å². The Hall–Kier alpha value is -2.43. The van der Waals surface area contributed by atoms with Gasteiger partial charge in [0, 0.05) is 31.3 Å². The van der Waals surface area contributed by atoms with Crippen LogP contribution in [0.25, 0.3) is 0 Å². The van der Waals surface area contributed by atoms with E-state index in [1.807, 2.05) is 23.1 Å². The van der Waals surface area contributed by atoms with E-state index < -0.39 is 0 Å². The second-order valence-electron chi connectivity index (χ2n) is 6.47. The molecule has 0 spiro atoms. The highest BCUT2D eigenvalue weighted by Crippen LogP contribution is 2.49. The maximum absolute atomic E-state index is 13.8. The molecule has 4 nitrogen and oxygen atoms in total. The molecule has 1 saturated heterocycles. The number of hydrogen-bond acceptors (Lipinski definition) is 3. The normalized spacial score (nSPS) is 25.5. The minimum absolute atomic E-state index is 0.0158. The van der Waals surface area contributed by atoms with Crippen LogP contribution in [0.1, 0.15) is 24.3 Å². The number of carbonyl (C=O) groups is 1. The Balaban J connectivity index is 1.35. The Morgan fingerprint density at radius 2 is 2.00 bits per heavy atom. The highest BCUT2D eigenvalue weighted by molar-refractivity contribution is 5.83. The first-order valence-electron chi connectivity index (χ1n) is 8.32. The maximum atomic E-state index is 13.8. The van der Waals surface area contributed by atoms with E-state index in [4.69, 9.17) is 4.74 Å².